The fraction of sp³-hybridized carbons (Fsp3) is 0.429. The molecule has 0 aliphatic carbocycles. The van der Waals surface area contributed by atoms with Gasteiger partial charge in [0.15, 0.2) is 0 Å². The number of sulfonamides is 1. The second-order valence-corrected chi connectivity index (χ2v) is 7.28. The molecule has 126 valence electrons. The Morgan fingerprint density at radius 1 is 1.13 bits per heavy atom. The molecule has 2 rings (SSSR count). The number of hydrogen-bond donors (Lipinski definition) is 1. The third-order valence-corrected chi connectivity index (χ3v) is 5.52. The molecule has 2 amide bonds. The minimum absolute atomic E-state index is 0.0310. The molecule has 0 spiro atoms. The third-order valence-electron chi connectivity index (χ3n) is 3.62. The Morgan fingerprint density at radius 2 is 1.70 bits per heavy atom. The molecule has 1 fully saturated rings. The molecule has 1 aromatic rings. The predicted molar refractivity (Wildman–Crippen MR) is 85.5 cm³/mol. The highest BCUT2D eigenvalue weighted by Gasteiger charge is 2.24. The largest absolute Gasteiger partial charge is 0.339 e. The first-order valence-electron chi connectivity index (χ1n) is 7.09. The Labute approximate surface area is 140 Å². The van der Waals surface area contributed by atoms with Crippen LogP contribution in [-0.2, 0) is 19.6 Å². The maximum absolute atomic E-state index is 12.2. The van der Waals surface area contributed by atoms with Crippen molar-refractivity contribution in [3.05, 3.63) is 29.3 Å². The van der Waals surface area contributed by atoms with Crippen LogP contribution in [-0.4, -0.2) is 62.8 Å². The lowest BCUT2D eigenvalue weighted by Crippen LogP contribution is -2.52. The number of carbonyl (C=O) groups is 2. The zero-order valence-electron chi connectivity index (χ0n) is 12.7. The van der Waals surface area contributed by atoms with Crippen molar-refractivity contribution >= 4 is 33.4 Å². The quantitative estimate of drug-likeness (QED) is 0.838. The smallest absolute Gasteiger partial charge is 0.242 e. The van der Waals surface area contributed by atoms with Crippen molar-refractivity contribution in [2.75, 3.05) is 32.7 Å². The summed E-state index contributed by atoms with van der Waals surface area (Å²) < 4.78 is 26.6. The van der Waals surface area contributed by atoms with Crippen LogP contribution < -0.4 is 4.72 Å². The minimum atomic E-state index is -3.84. The minimum Gasteiger partial charge on any atom is -0.339 e. The van der Waals surface area contributed by atoms with Gasteiger partial charge in [0.1, 0.15) is 4.90 Å². The van der Waals surface area contributed by atoms with Gasteiger partial charge in [0.2, 0.25) is 21.8 Å². The van der Waals surface area contributed by atoms with Crippen LogP contribution >= 0.6 is 11.6 Å². The number of carbonyl (C=O) groups excluding carboxylic acids is 2. The van der Waals surface area contributed by atoms with Crippen LogP contribution in [0.4, 0.5) is 0 Å². The summed E-state index contributed by atoms with van der Waals surface area (Å²) in [4.78, 5) is 26.5. The first kappa shape index (κ1) is 17.7. The van der Waals surface area contributed by atoms with Crippen molar-refractivity contribution in [2.45, 2.75) is 11.8 Å². The predicted octanol–water partition coefficient (Wildman–Crippen LogP) is 0.309. The van der Waals surface area contributed by atoms with Gasteiger partial charge < -0.3 is 9.80 Å². The molecule has 1 heterocycles. The number of hydrogen-bond acceptors (Lipinski definition) is 4. The molecule has 1 aromatic carbocycles. The maximum Gasteiger partial charge on any atom is 0.242 e. The summed E-state index contributed by atoms with van der Waals surface area (Å²) in [5.74, 6) is -0.361. The Bertz CT molecular complexity index is 700. The fourth-order valence-electron chi connectivity index (χ4n) is 2.28. The Kier molecular flexibility index (Phi) is 5.61. The van der Waals surface area contributed by atoms with Crippen LogP contribution in [0.2, 0.25) is 5.02 Å². The molecule has 7 nitrogen and oxygen atoms in total. The van der Waals surface area contributed by atoms with Gasteiger partial charge in [-0.15, -0.1) is 0 Å². The van der Waals surface area contributed by atoms with Gasteiger partial charge in [-0.2, -0.15) is 0 Å². The number of amides is 2. The van der Waals surface area contributed by atoms with E-state index < -0.39 is 10.0 Å². The van der Waals surface area contributed by atoms with Gasteiger partial charge in [-0.3, -0.25) is 9.59 Å². The average Bonchev–Trinajstić information content (AvgIpc) is 2.53. The van der Waals surface area contributed by atoms with Crippen molar-refractivity contribution in [3.8, 4) is 0 Å². The summed E-state index contributed by atoms with van der Waals surface area (Å²) in [5.41, 5.74) is 0. The monoisotopic (exact) mass is 359 g/mol. The molecule has 1 aliphatic heterocycles. The normalized spacial score (nSPS) is 15.6. The van der Waals surface area contributed by atoms with Crippen LogP contribution in [0.3, 0.4) is 0 Å². The highest BCUT2D eigenvalue weighted by Crippen LogP contribution is 2.19. The second-order valence-electron chi connectivity index (χ2n) is 5.14. The zero-order valence-corrected chi connectivity index (χ0v) is 14.2. The molecule has 0 saturated carbocycles. The van der Waals surface area contributed by atoms with Crippen molar-refractivity contribution in [1.82, 2.24) is 14.5 Å². The summed E-state index contributed by atoms with van der Waals surface area (Å²) in [6, 6.07) is 6.03. The molecule has 9 heteroatoms. The van der Waals surface area contributed by atoms with Crippen molar-refractivity contribution in [2.24, 2.45) is 0 Å². The molecule has 1 aliphatic rings. The van der Waals surface area contributed by atoms with Gasteiger partial charge in [-0.25, -0.2) is 13.1 Å². The van der Waals surface area contributed by atoms with Gasteiger partial charge in [0.25, 0.3) is 0 Å². The summed E-state index contributed by atoms with van der Waals surface area (Å²) in [6.45, 7) is 2.85. The van der Waals surface area contributed by atoms with E-state index in [0.29, 0.717) is 26.2 Å². The second kappa shape index (κ2) is 7.29. The van der Waals surface area contributed by atoms with Crippen molar-refractivity contribution in [1.29, 1.82) is 0 Å². The first-order chi connectivity index (χ1) is 10.8. The zero-order chi connectivity index (χ0) is 17.0. The number of piperazine rings is 1. The van der Waals surface area contributed by atoms with E-state index in [1.54, 1.807) is 17.0 Å². The van der Waals surface area contributed by atoms with E-state index in [9.17, 15) is 18.0 Å². The lowest BCUT2D eigenvalue weighted by molar-refractivity contribution is -0.137. The van der Waals surface area contributed by atoms with Crippen LogP contribution in [0.25, 0.3) is 0 Å². The van der Waals surface area contributed by atoms with Crippen molar-refractivity contribution in [3.63, 3.8) is 0 Å². The molecular formula is C14H18ClN3O4S. The van der Waals surface area contributed by atoms with E-state index in [1.165, 1.54) is 24.0 Å². The maximum atomic E-state index is 12.2. The highest BCUT2D eigenvalue weighted by atomic mass is 35.5. The lowest BCUT2D eigenvalue weighted by atomic mass is 10.3. The van der Waals surface area contributed by atoms with E-state index >= 15 is 0 Å². The number of nitrogens with zero attached hydrogens (tertiary/aromatic N) is 2. The molecular weight excluding hydrogens is 342 g/mol. The molecule has 23 heavy (non-hydrogen) atoms. The number of halogens is 1. The topological polar surface area (TPSA) is 86.8 Å². The number of rotatable bonds is 4. The van der Waals surface area contributed by atoms with Gasteiger partial charge in [-0.1, -0.05) is 23.7 Å². The molecule has 0 aromatic heterocycles. The molecule has 0 atom stereocenters. The fourth-order valence-corrected chi connectivity index (χ4v) is 3.77. The van der Waals surface area contributed by atoms with Crippen LogP contribution in [0.1, 0.15) is 6.92 Å². The number of nitrogens with one attached hydrogen (secondary N) is 1. The van der Waals surface area contributed by atoms with Gasteiger partial charge in [-0.05, 0) is 12.1 Å². The van der Waals surface area contributed by atoms with E-state index in [1.807, 2.05) is 0 Å². The van der Waals surface area contributed by atoms with Crippen LogP contribution in [0.15, 0.2) is 29.2 Å². The summed E-state index contributed by atoms with van der Waals surface area (Å²) >= 11 is 5.87. The Morgan fingerprint density at radius 3 is 2.26 bits per heavy atom. The summed E-state index contributed by atoms with van der Waals surface area (Å²) in [5, 5.41) is 0.0996. The highest BCUT2D eigenvalue weighted by molar-refractivity contribution is 7.89. The lowest BCUT2D eigenvalue weighted by Gasteiger charge is -2.34. The molecule has 1 saturated heterocycles. The van der Waals surface area contributed by atoms with Crippen LogP contribution in [0.5, 0.6) is 0 Å². The van der Waals surface area contributed by atoms with Gasteiger partial charge in [0.05, 0.1) is 11.6 Å². The standard InChI is InChI=1S/C14H18ClN3O4S/c1-11(19)17-6-8-18(9-7-17)14(20)10-16-23(21,22)13-5-3-2-4-12(13)15/h2-5,16H,6-10H2,1H3. The molecule has 0 bridgehead atoms. The van der Waals surface area contributed by atoms with E-state index in [2.05, 4.69) is 4.72 Å². The van der Waals surface area contributed by atoms with Gasteiger partial charge in [0, 0.05) is 33.1 Å². The Balaban J connectivity index is 1.92. The van der Waals surface area contributed by atoms with Crippen LogP contribution in [0, 0.1) is 0 Å². The molecule has 0 radical (unpaired) electrons. The Hall–Kier alpha value is -1.64. The SMILES string of the molecule is CC(=O)N1CCN(C(=O)CNS(=O)(=O)c2ccccc2Cl)CC1. The third kappa shape index (κ3) is 4.43. The molecule has 1 N–H and O–H groups in total. The summed E-state index contributed by atoms with van der Waals surface area (Å²) in [6.07, 6.45) is 0. The van der Waals surface area contributed by atoms with E-state index in [0.717, 1.165) is 0 Å². The van der Waals surface area contributed by atoms with E-state index in [-0.39, 0.29) is 28.3 Å². The first-order valence-corrected chi connectivity index (χ1v) is 8.95. The van der Waals surface area contributed by atoms with Gasteiger partial charge >= 0.3 is 0 Å². The molecule has 0 unspecified atom stereocenters. The average molecular weight is 360 g/mol. The number of benzene rings is 1. The van der Waals surface area contributed by atoms with Crippen molar-refractivity contribution < 1.29 is 18.0 Å². The summed E-state index contributed by atoms with van der Waals surface area (Å²) in [7, 11) is -3.84. The van der Waals surface area contributed by atoms with E-state index in [4.69, 9.17) is 11.6 Å².